The van der Waals surface area contributed by atoms with E-state index in [1.165, 1.54) is 0 Å². The summed E-state index contributed by atoms with van der Waals surface area (Å²) in [7, 11) is 2.09. The van der Waals surface area contributed by atoms with Crippen molar-refractivity contribution in [1.82, 2.24) is 20.0 Å². The van der Waals surface area contributed by atoms with Crippen LogP contribution in [0, 0.1) is 0 Å². The normalized spacial score (nSPS) is 20.8. The van der Waals surface area contributed by atoms with Gasteiger partial charge < -0.3 is 15.0 Å². The Labute approximate surface area is 182 Å². The van der Waals surface area contributed by atoms with Gasteiger partial charge in [-0.2, -0.15) is 0 Å². The van der Waals surface area contributed by atoms with E-state index >= 15 is 0 Å². The van der Waals surface area contributed by atoms with Crippen LogP contribution in [0.15, 0.2) is 48.2 Å². The van der Waals surface area contributed by atoms with E-state index in [-0.39, 0.29) is 12.6 Å². The Morgan fingerprint density at radius 2 is 2.00 bits per heavy atom. The molecule has 0 aliphatic carbocycles. The number of urea groups is 1. The van der Waals surface area contributed by atoms with Crippen LogP contribution in [-0.4, -0.2) is 79.6 Å². The fraction of sp³-hybridized carbons (Fsp3) is 0.455. The first-order chi connectivity index (χ1) is 14.5. The van der Waals surface area contributed by atoms with E-state index in [1.807, 2.05) is 18.2 Å². The summed E-state index contributed by atoms with van der Waals surface area (Å²) < 4.78 is 5.40. The van der Waals surface area contributed by atoms with Gasteiger partial charge in [-0.25, -0.2) is 9.59 Å². The number of ether oxygens (including phenoxy) is 1. The monoisotopic (exact) mass is 432 g/mol. The number of rotatable bonds is 7. The van der Waals surface area contributed by atoms with Gasteiger partial charge in [-0.05, 0) is 25.6 Å². The molecule has 1 atom stereocenters. The molecule has 0 radical (unpaired) electrons. The van der Waals surface area contributed by atoms with Crippen LogP contribution >= 0.6 is 11.6 Å². The third-order valence-electron chi connectivity index (χ3n) is 5.43. The lowest BCUT2D eigenvalue weighted by Gasteiger charge is -2.40. The van der Waals surface area contributed by atoms with Gasteiger partial charge in [0.2, 0.25) is 0 Å². The smallest absolute Gasteiger partial charge is 0.338 e. The molecular formula is C22H29ClN4O3. The number of carbonyl (C=O) groups excluding carboxylic acids is 2. The quantitative estimate of drug-likeness (QED) is 0.530. The maximum absolute atomic E-state index is 13.1. The Balaban J connectivity index is 2.09. The molecule has 1 N–H and O–H groups in total. The molecule has 8 heteroatoms. The van der Waals surface area contributed by atoms with Gasteiger partial charge in [0.1, 0.15) is 0 Å². The molecule has 1 aromatic carbocycles. The van der Waals surface area contributed by atoms with E-state index in [2.05, 4.69) is 28.7 Å². The van der Waals surface area contributed by atoms with Crippen LogP contribution in [0.1, 0.15) is 18.5 Å². The average molecular weight is 433 g/mol. The lowest BCUT2D eigenvalue weighted by atomic mass is 9.94. The maximum Gasteiger partial charge on any atom is 0.338 e. The van der Waals surface area contributed by atoms with E-state index in [4.69, 9.17) is 16.3 Å². The summed E-state index contributed by atoms with van der Waals surface area (Å²) >= 11 is 6.43. The summed E-state index contributed by atoms with van der Waals surface area (Å²) in [6.07, 6.45) is 1.65. The average Bonchev–Trinajstić information content (AvgIpc) is 2.72. The van der Waals surface area contributed by atoms with Gasteiger partial charge in [0.25, 0.3) is 0 Å². The molecule has 1 aromatic rings. The number of piperazine rings is 1. The molecule has 1 unspecified atom stereocenters. The standard InChI is InChI=1S/C22H29ClN4O3/c1-4-10-27-18(15-26-13-11-25(3)12-14-26)19(21(28)30-5-2)20(24-22(27)29)16-8-6-7-9-17(16)23/h4,6-9,20H,1,5,10-15H2,2-3H3,(H,24,29). The van der Waals surface area contributed by atoms with Crippen molar-refractivity contribution in [2.24, 2.45) is 0 Å². The summed E-state index contributed by atoms with van der Waals surface area (Å²) in [6.45, 7) is 10.1. The number of benzene rings is 1. The Kier molecular flexibility index (Phi) is 7.53. The van der Waals surface area contributed by atoms with Crippen molar-refractivity contribution < 1.29 is 14.3 Å². The van der Waals surface area contributed by atoms with Crippen LogP contribution in [0.25, 0.3) is 0 Å². The molecule has 0 aromatic heterocycles. The van der Waals surface area contributed by atoms with Crippen LogP contribution in [0.3, 0.4) is 0 Å². The number of carbonyl (C=O) groups is 2. The summed E-state index contributed by atoms with van der Waals surface area (Å²) in [4.78, 5) is 32.2. The van der Waals surface area contributed by atoms with Crippen LogP contribution < -0.4 is 5.32 Å². The van der Waals surface area contributed by atoms with E-state index in [9.17, 15) is 9.59 Å². The zero-order valence-corrected chi connectivity index (χ0v) is 18.3. The largest absolute Gasteiger partial charge is 0.463 e. The number of nitrogens with zero attached hydrogens (tertiary/aromatic N) is 3. The van der Waals surface area contributed by atoms with E-state index in [0.29, 0.717) is 34.9 Å². The Morgan fingerprint density at radius 1 is 1.30 bits per heavy atom. The molecule has 7 nitrogen and oxygen atoms in total. The highest BCUT2D eigenvalue weighted by Gasteiger charge is 2.39. The molecule has 0 bridgehead atoms. The second-order valence-corrected chi connectivity index (χ2v) is 7.87. The number of esters is 1. The van der Waals surface area contributed by atoms with Gasteiger partial charge in [-0.1, -0.05) is 35.9 Å². The molecule has 162 valence electrons. The van der Waals surface area contributed by atoms with Gasteiger partial charge in [-0.15, -0.1) is 6.58 Å². The van der Waals surface area contributed by atoms with Crippen LogP contribution in [-0.2, 0) is 9.53 Å². The van der Waals surface area contributed by atoms with Gasteiger partial charge in [0.05, 0.1) is 18.2 Å². The van der Waals surface area contributed by atoms with Gasteiger partial charge in [0, 0.05) is 50.0 Å². The number of amides is 2. The van der Waals surface area contributed by atoms with Gasteiger partial charge in [-0.3, -0.25) is 9.80 Å². The number of hydrogen-bond acceptors (Lipinski definition) is 5. The molecule has 1 fully saturated rings. The second kappa shape index (κ2) is 10.1. The Morgan fingerprint density at radius 3 is 2.63 bits per heavy atom. The predicted octanol–water partition coefficient (Wildman–Crippen LogP) is 2.66. The molecular weight excluding hydrogens is 404 g/mol. The minimum atomic E-state index is -0.672. The molecule has 2 amide bonds. The van der Waals surface area contributed by atoms with Crippen molar-refractivity contribution >= 4 is 23.6 Å². The first-order valence-electron chi connectivity index (χ1n) is 10.2. The molecule has 3 rings (SSSR count). The zero-order valence-electron chi connectivity index (χ0n) is 17.6. The molecule has 0 spiro atoms. The SMILES string of the molecule is C=CCN1C(=O)NC(c2ccccc2Cl)C(C(=O)OCC)=C1CN1CCN(C)CC1. The zero-order chi connectivity index (χ0) is 21.7. The Hall–Kier alpha value is -2.35. The van der Waals surface area contributed by atoms with E-state index < -0.39 is 12.0 Å². The first-order valence-corrected chi connectivity index (χ1v) is 10.6. The summed E-state index contributed by atoms with van der Waals surface area (Å²) in [5.41, 5.74) is 1.74. The number of nitrogens with one attached hydrogen (secondary N) is 1. The molecule has 2 aliphatic heterocycles. The van der Waals surface area contributed by atoms with Crippen molar-refractivity contribution in [2.45, 2.75) is 13.0 Å². The number of halogens is 1. The van der Waals surface area contributed by atoms with E-state index in [1.54, 1.807) is 24.0 Å². The molecule has 2 heterocycles. The first kappa shape index (κ1) is 22.3. The lowest BCUT2D eigenvalue weighted by molar-refractivity contribution is -0.139. The fourth-order valence-corrected chi connectivity index (χ4v) is 4.05. The minimum absolute atomic E-state index is 0.245. The molecule has 30 heavy (non-hydrogen) atoms. The topological polar surface area (TPSA) is 65.1 Å². The van der Waals surface area contributed by atoms with Crippen LogP contribution in [0.4, 0.5) is 4.79 Å². The highest BCUT2D eigenvalue weighted by Crippen LogP contribution is 2.35. The maximum atomic E-state index is 13.1. The third kappa shape index (κ3) is 4.86. The van der Waals surface area contributed by atoms with Gasteiger partial charge in [0.15, 0.2) is 0 Å². The van der Waals surface area contributed by atoms with E-state index in [0.717, 1.165) is 26.2 Å². The molecule has 1 saturated heterocycles. The molecule has 0 saturated carbocycles. The number of hydrogen-bond donors (Lipinski definition) is 1. The van der Waals surface area contributed by atoms with Crippen LogP contribution in [0.5, 0.6) is 0 Å². The minimum Gasteiger partial charge on any atom is -0.463 e. The summed E-state index contributed by atoms with van der Waals surface area (Å²) in [5.74, 6) is -0.444. The third-order valence-corrected chi connectivity index (χ3v) is 5.78. The highest BCUT2D eigenvalue weighted by molar-refractivity contribution is 6.31. The Bertz CT molecular complexity index is 833. The number of likely N-dealkylation sites (N-methyl/N-ethyl adjacent to an activating group) is 1. The second-order valence-electron chi connectivity index (χ2n) is 7.46. The molecule has 2 aliphatic rings. The van der Waals surface area contributed by atoms with Crippen LogP contribution in [0.2, 0.25) is 5.02 Å². The fourth-order valence-electron chi connectivity index (χ4n) is 3.81. The summed E-state index contributed by atoms with van der Waals surface area (Å²) in [5, 5.41) is 3.43. The van der Waals surface area contributed by atoms with Crippen molar-refractivity contribution in [3.63, 3.8) is 0 Å². The summed E-state index contributed by atoms with van der Waals surface area (Å²) in [6, 6.07) is 6.28. The van der Waals surface area contributed by atoms with Crippen molar-refractivity contribution in [1.29, 1.82) is 0 Å². The van der Waals surface area contributed by atoms with Crippen molar-refractivity contribution in [3.05, 3.63) is 58.8 Å². The van der Waals surface area contributed by atoms with Crippen molar-refractivity contribution in [3.8, 4) is 0 Å². The van der Waals surface area contributed by atoms with Gasteiger partial charge >= 0.3 is 12.0 Å². The highest BCUT2D eigenvalue weighted by atomic mass is 35.5. The van der Waals surface area contributed by atoms with Crippen molar-refractivity contribution in [2.75, 3.05) is 52.9 Å². The lowest BCUT2D eigenvalue weighted by Crippen LogP contribution is -2.52. The predicted molar refractivity (Wildman–Crippen MR) is 117 cm³/mol.